The van der Waals surface area contributed by atoms with Gasteiger partial charge < -0.3 is 9.32 Å². The van der Waals surface area contributed by atoms with Crippen LogP contribution in [0.25, 0.3) is 66.1 Å². The van der Waals surface area contributed by atoms with Gasteiger partial charge in [-0.2, -0.15) is 0 Å². The van der Waals surface area contributed by atoms with E-state index < -0.39 is 0 Å². The van der Waals surface area contributed by atoms with Crippen LogP contribution in [0, 0.1) is 0 Å². The van der Waals surface area contributed by atoms with Crippen molar-refractivity contribution in [2.45, 2.75) is 57.8 Å². The maximum Gasteiger partial charge on any atom is 0.143 e. The van der Waals surface area contributed by atoms with E-state index in [0.717, 1.165) is 16.6 Å². The summed E-state index contributed by atoms with van der Waals surface area (Å²) in [6, 6.07) is 56.7. The van der Waals surface area contributed by atoms with E-state index in [1.54, 1.807) is 0 Å². The highest BCUT2D eigenvalue weighted by molar-refractivity contribution is 6.23. The first kappa shape index (κ1) is 32.8. The van der Waals surface area contributed by atoms with Crippen molar-refractivity contribution >= 4 is 49.8 Å². The second-order valence-corrected chi connectivity index (χ2v) is 18.1. The Morgan fingerprint density at radius 2 is 0.912 bits per heavy atom. The molecule has 0 radical (unpaired) electrons. The molecule has 0 amide bonds. The molecule has 0 N–H and O–H groups in total. The minimum atomic E-state index is -0.354. The monoisotopic (exact) mass is 733 g/mol. The number of fused-ring (bicyclic) bond motifs is 16. The molecule has 0 saturated carbocycles. The van der Waals surface area contributed by atoms with Gasteiger partial charge in [-0.1, -0.05) is 157 Å². The summed E-state index contributed by atoms with van der Waals surface area (Å²) in [6.45, 7) is 14.4. The maximum absolute atomic E-state index is 6.77. The summed E-state index contributed by atoms with van der Waals surface area (Å²) in [7, 11) is 0. The van der Waals surface area contributed by atoms with Crippen molar-refractivity contribution in [3.05, 3.63) is 185 Å². The van der Waals surface area contributed by atoms with Crippen LogP contribution >= 0.6 is 0 Å². The van der Waals surface area contributed by atoms with E-state index in [2.05, 4.69) is 198 Å². The van der Waals surface area contributed by atoms with E-state index >= 15 is 0 Å². The van der Waals surface area contributed by atoms with Crippen molar-refractivity contribution in [3.8, 4) is 33.4 Å². The normalized spacial score (nSPS) is 16.0. The summed E-state index contributed by atoms with van der Waals surface area (Å²) in [5.41, 5.74) is 21.0. The third kappa shape index (κ3) is 4.10. The molecule has 3 aliphatic carbocycles. The number of para-hydroxylation sites is 1. The fraction of sp³-hybridized carbons (Fsp3) is 0.164. The zero-order valence-electron chi connectivity index (χ0n) is 33.3. The predicted octanol–water partition coefficient (Wildman–Crippen LogP) is 15.1. The SMILES string of the molecule is CC1(C)c2ccccc2-c2ccc(N(c3ccc4c(c3)C(C)(C)c3ccccc3-4)c3cccc4c3C(C)(C)c3c-4c4ccccc4c4oc5ccccc5c34)cc21. The molecular formula is C55H43NO. The molecule has 3 aliphatic rings. The molecule has 2 heteroatoms. The molecule has 8 aromatic carbocycles. The van der Waals surface area contributed by atoms with Gasteiger partial charge in [0.1, 0.15) is 11.2 Å². The van der Waals surface area contributed by atoms with Crippen molar-refractivity contribution in [1.82, 2.24) is 0 Å². The number of rotatable bonds is 3. The molecule has 12 rings (SSSR count). The van der Waals surface area contributed by atoms with Crippen molar-refractivity contribution < 1.29 is 4.42 Å². The second kappa shape index (κ2) is 10.9. The highest BCUT2D eigenvalue weighted by atomic mass is 16.3. The van der Waals surface area contributed by atoms with Crippen LogP contribution < -0.4 is 4.90 Å². The third-order valence-electron chi connectivity index (χ3n) is 14.0. The van der Waals surface area contributed by atoms with Gasteiger partial charge >= 0.3 is 0 Å². The van der Waals surface area contributed by atoms with Crippen LogP contribution in [0.1, 0.15) is 74.9 Å². The molecule has 9 aromatic rings. The number of furan rings is 1. The van der Waals surface area contributed by atoms with E-state index in [4.69, 9.17) is 4.42 Å². The lowest BCUT2D eigenvalue weighted by Crippen LogP contribution is -2.22. The first-order chi connectivity index (χ1) is 27.6. The molecule has 1 aromatic heterocycles. The van der Waals surface area contributed by atoms with Gasteiger partial charge in [0.15, 0.2) is 0 Å². The Labute approximate surface area is 334 Å². The molecule has 0 unspecified atom stereocenters. The summed E-state index contributed by atoms with van der Waals surface area (Å²) in [4.78, 5) is 2.57. The van der Waals surface area contributed by atoms with Gasteiger partial charge in [-0.15, -0.1) is 0 Å². The Morgan fingerprint density at radius 3 is 1.54 bits per heavy atom. The minimum absolute atomic E-state index is 0.129. The van der Waals surface area contributed by atoms with Gasteiger partial charge in [-0.3, -0.25) is 0 Å². The Kier molecular flexibility index (Phi) is 6.29. The van der Waals surface area contributed by atoms with E-state index in [1.165, 1.54) is 100.0 Å². The number of benzene rings is 8. The second-order valence-electron chi connectivity index (χ2n) is 18.1. The van der Waals surface area contributed by atoms with Crippen molar-refractivity contribution in [3.63, 3.8) is 0 Å². The largest absolute Gasteiger partial charge is 0.455 e. The first-order valence-corrected chi connectivity index (χ1v) is 20.4. The van der Waals surface area contributed by atoms with Crippen LogP contribution in [-0.2, 0) is 16.2 Å². The fourth-order valence-corrected chi connectivity index (χ4v) is 11.4. The molecule has 1 heterocycles. The van der Waals surface area contributed by atoms with Crippen LogP contribution in [0.2, 0.25) is 0 Å². The van der Waals surface area contributed by atoms with Crippen LogP contribution in [0.3, 0.4) is 0 Å². The average molecular weight is 734 g/mol. The van der Waals surface area contributed by atoms with Gasteiger partial charge in [-0.25, -0.2) is 0 Å². The standard InChI is InChI=1S/C55H43NO/c1-53(2)42-22-12-9-16-34(42)36-28-26-32(30-44(36)53)56(33-27-29-37-35-17-10-13-23-43(35)54(3,4)45(37)31-33)46-24-15-21-41-48-38-18-7-8-19-39(38)52-49(51(48)55(5,6)50(41)46)40-20-11-14-25-47(40)57-52/h7-31H,1-6H3. The van der Waals surface area contributed by atoms with Crippen molar-refractivity contribution in [2.24, 2.45) is 0 Å². The van der Waals surface area contributed by atoms with Gasteiger partial charge in [0.25, 0.3) is 0 Å². The molecule has 0 saturated heterocycles. The van der Waals surface area contributed by atoms with E-state index in [-0.39, 0.29) is 16.2 Å². The van der Waals surface area contributed by atoms with Crippen molar-refractivity contribution in [2.75, 3.05) is 4.90 Å². The molecule has 274 valence electrons. The molecule has 0 spiro atoms. The number of nitrogens with zero attached hydrogens (tertiary/aromatic N) is 1. The highest BCUT2D eigenvalue weighted by Crippen LogP contribution is 2.60. The zero-order chi connectivity index (χ0) is 38.6. The summed E-state index contributed by atoms with van der Waals surface area (Å²) >= 11 is 0. The fourth-order valence-electron chi connectivity index (χ4n) is 11.4. The summed E-state index contributed by atoms with van der Waals surface area (Å²) in [5, 5.41) is 4.81. The van der Waals surface area contributed by atoms with Gasteiger partial charge in [0, 0.05) is 43.8 Å². The summed E-state index contributed by atoms with van der Waals surface area (Å²) in [5.74, 6) is 0. The lowest BCUT2D eigenvalue weighted by Gasteiger charge is -2.34. The Morgan fingerprint density at radius 1 is 0.404 bits per heavy atom. The Hall–Kier alpha value is -6.38. The first-order valence-electron chi connectivity index (χ1n) is 20.4. The van der Waals surface area contributed by atoms with Gasteiger partial charge in [-0.05, 0) is 109 Å². The van der Waals surface area contributed by atoms with E-state index in [0.29, 0.717) is 0 Å². The number of anilines is 3. The van der Waals surface area contributed by atoms with Crippen molar-refractivity contribution in [1.29, 1.82) is 0 Å². The predicted molar refractivity (Wildman–Crippen MR) is 239 cm³/mol. The van der Waals surface area contributed by atoms with Gasteiger partial charge in [0.2, 0.25) is 0 Å². The smallest absolute Gasteiger partial charge is 0.143 e. The zero-order valence-corrected chi connectivity index (χ0v) is 33.3. The Balaban J connectivity index is 1.15. The summed E-state index contributed by atoms with van der Waals surface area (Å²) in [6.07, 6.45) is 0. The molecular weight excluding hydrogens is 691 g/mol. The summed E-state index contributed by atoms with van der Waals surface area (Å²) < 4.78 is 6.77. The molecule has 2 nitrogen and oxygen atoms in total. The highest BCUT2D eigenvalue weighted by Gasteiger charge is 2.44. The molecule has 0 bridgehead atoms. The van der Waals surface area contributed by atoms with Crippen LogP contribution in [-0.4, -0.2) is 0 Å². The van der Waals surface area contributed by atoms with E-state index in [9.17, 15) is 0 Å². The van der Waals surface area contributed by atoms with Crippen LogP contribution in [0.15, 0.2) is 156 Å². The molecule has 57 heavy (non-hydrogen) atoms. The van der Waals surface area contributed by atoms with Crippen LogP contribution in [0.5, 0.6) is 0 Å². The van der Waals surface area contributed by atoms with Crippen LogP contribution in [0.4, 0.5) is 17.1 Å². The molecule has 0 aliphatic heterocycles. The molecule has 0 fully saturated rings. The number of hydrogen-bond donors (Lipinski definition) is 0. The average Bonchev–Trinajstić information content (AvgIpc) is 3.87. The maximum atomic E-state index is 6.77. The quantitative estimate of drug-likeness (QED) is 0.180. The lowest BCUT2D eigenvalue weighted by molar-refractivity contribution is 0.657. The third-order valence-corrected chi connectivity index (χ3v) is 14.0. The number of hydrogen-bond acceptors (Lipinski definition) is 2. The topological polar surface area (TPSA) is 16.4 Å². The molecule has 0 atom stereocenters. The van der Waals surface area contributed by atoms with E-state index in [1.807, 2.05) is 0 Å². The van der Waals surface area contributed by atoms with Gasteiger partial charge in [0.05, 0.1) is 5.69 Å². The Bertz CT molecular complexity index is 3120. The lowest BCUT2D eigenvalue weighted by atomic mass is 9.78. The minimum Gasteiger partial charge on any atom is -0.455 e.